The van der Waals surface area contributed by atoms with Crippen LogP contribution < -0.4 is 10.6 Å². The van der Waals surface area contributed by atoms with Crippen molar-refractivity contribution in [3.05, 3.63) is 0 Å². The fourth-order valence-electron chi connectivity index (χ4n) is 2.01. The van der Waals surface area contributed by atoms with Crippen LogP contribution in [0.1, 0.15) is 40.0 Å². The predicted molar refractivity (Wildman–Crippen MR) is 73.1 cm³/mol. The second kappa shape index (κ2) is 9.61. The van der Waals surface area contributed by atoms with Crippen molar-refractivity contribution in [1.29, 1.82) is 0 Å². The molecule has 0 aromatic carbocycles. The lowest BCUT2D eigenvalue weighted by atomic mass is 9.96. The van der Waals surface area contributed by atoms with Gasteiger partial charge in [-0.25, -0.2) is 9.59 Å². The Labute approximate surface area is 114 Å². The van der Waals surface area contributed by atoms with E-state index in [9.17, 15) is 9.59 Å². The zero-order valence-electron chi connectivity index (χ0n) is 12.2. The Morgan fingerprint density at radius 3 is 2.21 bits per heavy atom. The molecule has 19 heavy (non-hydrogen) atoms. The van der Waals surface area contributed by atoms with Gasteiger partial charge in [-0.3, -0.25) is 0 Å². The summed E-state index contributed by atoms with van der Waals surface area (Å²) in [4.78, 5) is 22.7. The smallest absolute Gasteiger partial charge is 0.326 e. The van der Waals surface area contributed by atoms with Crippen molar-refractivity contribution in [2.75, 3.05) is 13.7 Å². The molecule has 0 bridgehead atoms. The van der Waals surface area contributed by atoms with Gasteiger partial charge in [-0.15, -0.1) is 0 Å². The monoisotopic (exact) mass is 274 g/mol. The van der Waals surface area contributed by atoms with Gasteiger partial charge in [0.05, 0.1) is 0 Å². The van der Waals surface area contributed by atoms with Crippen LogP contribution in [0.2, 0.25) is 0 Å². The molecule has 2 atom stereocenters. The topological polar surface area (TPSA) is 87.7 Å². The van der Waals surface area contributed by atoms with E-state index in [1.54, 1.807) is 0 Å². The third kappa shape index (κ3) is 7.00. The number of amides is 2. The van der Waals surface area contributed by atoms with Crippen LogP contribution in [0.3, 0.4) is 0 Å². The minimum absolute atomic E-state index is 0.0203. The van der Waals surface area contributed by atoms with Crippen molar-refractivity contribution in [1.82, 2.24) is 10.6 Å². The normalized spacial score (nSPS) is 13.9. The van der Waals surface area contributed by atoms with E-state index in [0.29, 0.717) is 12.5 Å². The summed E-state index contributed by atoms with van der Waals surface area (Å²) in [5.74, 6) is -0.657. The van der Waals surface area contributed by atoms with Gasteiger partial charge in [0.15, 0.2) is 0 Å². The molecule has 0 rings (SSSR count). The number of hydrogen-bond donors (Lipinski definition) is 3. The summed E-state index contributed by atoms with van der Waals surface area (Å²) in [6.07, 6.45) is 2.20. The molecular weight excluding hydrogens is 248 g/mol. The van der Waals surface area contributed by atoms with Crippen LogP contribution in [0, 0.1) is 5.92 Å². The number of hydrogen-bond acceptors (Lipinski definition) is 3. The van der Waals surface area contributed by atoms with Crippen molar-refractivity contribution in [2.45, 2.75) is 52.1 Å². The van der Waals surface area contributed by atoms with Crippen LogP contribution in [-0.2, 0) is 9.53 Å². The molecule has 0 saturated carbocycles. The first-order valence-corrected chi connectivity index (χ1v) is 6.74. The Balaban J connectivity index is 4.29. The number of carbonyl (C=O) groups is 2. The zero-order valence-corrected chi connectivity index (χ0v) is 12.2. The number of carbonyl (C=O) groups excluding carboxylic acids is 1. The fourth-order valence-corrected chi connectivity index (χ4v) is 2.01. The van der Waals surface area contributed by atoms with E-state index in [4.69, 9.17) is 9.84 Å². The molecule has 0 heterocycles. The molecule has 6 heteroatoms. The molecule has 3 N–H and O–H groups in total. The SMILES string of the molecule is CCC(CC)C(C)NC(=O)NC(CCOC)C(=O)O. The van der Waals surface area contributed by atoms with Crippen molar-refractivity contribution in [2.24, 2.45) is 5.92 Å². The van der Waals surface area contributed by atoms with Gasteiger partial charge in [0, 0.05) is 26.2 Å². The van der Waals surface area contributed by atoms with E-state index in [2.05, 4.69) is 24.5 Å². The molecule has 0 fully saturated rings. The van der Waals surface area contributed by atoms with Crippen molar-refractivity contribution < 1.29 is 19.4 Å². The van der Waals surface area contributed by atoms with Gasteiger partial charge < -0.3 is 20.5 Å². The number of carboxylic acids is 1. The Bertz CT molecular complexity index is 280. The molecule has 6 nitrogen and oxygen atoms in total. The zero-order chi connectivity index (χ0) is 14.8. The predicted octanol–water partition coefficient (Wildman–Crippen LogP) is 1.60. The minimum atomic E-state index is -1.05. The summed E-state index contributed by atoms with van der Waals surface area (Å²) in [7, 11) is 1.49. The van der Waals surface area contributed by atoms with E-state index in [0.717, 1.165) is 12.8 Å². The molecule has 0 aromatic rings. The Kier molecular flexibility index (Phi) is 8.95. The van der Waals surface area contributed by atoms with Crippen LogP contribution in [0.5, 0.6) is 0 Å². The Morgan fingerprint density at radius 1 is 1.21 bits per heavy atom. The molecule has 0 aromatic heterocycles. The number of rotatable bonds is 9. The number of urea groups is 1. The fraction of sp³-hybridized carbons (Fsp3) is 0.846. The summed E-state index contributed by atoms with van der Waals surface area (Å²) < 4.78 is 4.82. The molecule has 0 aliphatic carbocycles. The molecule has 0 spiro atoms. The lowest BCUT2D eigenvalue weighted by Crippen LogP contribution is -2.50. The average Bonchev–Trinajstić information content (AvgIpc) is 2.35. The van der Waals surface area contributed by atoms with Gasteiger partial charge in [0.2, 0.25) is 0 Å². The lowest BCUT2D eigenvalue weighted by Gasteiger charge is -2.23. The maximum atomic E-state index is 11.7. The second-order valence-corrected chi connectivity index (χ2v) is 4.66. The highest BCUT2D eigenvalue weighted by Gasteiger charge is 2.21. The number of carboxylic acid groups (broad SMARTS) is 1. The van der Waals surface area contributed by atoms with Crippen LogP contribution >= 0.6 is 0 Å². The third-order valence-electron chi connectivity index (χ3n) is 3.33. The third-order valence-corrected chi connectivity index (χ3v) is 3.33. The molecule has 2 amide bonds. The largest absolute Gasteiger partial charge is 0.480 e. The van der Waals surface area contributed by atoms with Crippen LogP contribution in [0.15, 0.2) is 0 Å². The van der Waals surface area contributed by atoms with Gasteiger partial charge in [-0.05, 0) is 12.8 Å². The molecule has 0 saturated heterocycles. The Hall–Kier alpha value is -1.30. The standard InChI is InChI=1S/C13H26N2O4/c1-5-10(6-2)9(3)14-13(18)15-11(12(16)17)7-8-19-4/h9-11H,5-8H2,1-4H3,(H,16,17)(H2,14,15,18). The highest BCUT2D eigenvalue weighted by atomic mass is 16.5. The first-order chi connectivity index (χ1) is 8.96. The molecule has 2 unspecified atom stereocenters. The molecule has 0 aliphatic heterocycles. The van der Waals surface area contributed by atoms with Crippen molar-refractivity contribution in [3.8, 4) is 0 Å². The average molecular weight is 274 g/mol. The molecule has 0 aliphatic rings. The molecular formula is C13H26N2O4. The summed E-state index contributed by atoms with van der Waals surface area (Å²) in [6, 6.07) is -1.34. The number of aliphatic carboxylic acids is 1. The van der Waals surface area contributed by atoms with Crippen LogP contribution in [-0.4, -0.2) is 42.9 Å². The first-order valence-electron chi connectivity index (χ1n) is 6.74. The number of ether oxygens (including phenoxy) is 1. The maximum absolute atomic E-state index is 11.7. The van der Waals surface area contributed by atoms with Gasteiger partial charge >= 0.3 is 12.0 Å². The van der Waals surface area contributed by atoms with Crippen molar-refractivity contribution >= 4 is 12.0 Å². The van der Waals surface area contributed by atoms with Gasteiger partial charge in [0.1, 0.15) is 6.04 Å². The van der Waals surface area contributed by atoms with Crippen LogP contribution in [0.4, 0.5) is 4.79 Å². The van der Waals surface area contributed by atoms with E-state index in [-0.39, 0.29) is 12.5 Å². The Morgan fingerprint density at radius 2 is 1.79 bits per heavy atom. The summed E-state index contributed by atoms with van der Waals surface area (Å²) in [5, 5.41) is 14.2. The minimum Gasteiger partial charge on any atom is -0.480 e. The summed E-state index contributed by atoms with van der Waals surface area (Å²) >= 11 is 0. The van der Waals surface area contributed by atoms with E-state index in [1.165, 1.54) is 7.11 Å². The first kappa shape index (κ1) is 17.7. The summed E-state index contributed by atoms with van der Waals surface area (Å²) in [6.45, 7) is 6.37. The number of methoxy groups -OCH3 is 1. The lowest BCUT2D eigenvalue weighted by molar-refractivity contribution is -0.139. The second-order valence-electron chi connectivity index (χ2n) is 4.66. The molecule has 112 valence electrons. The van der Waals surface area contributed by atoms with E-state index < -0.39 is 18.0 Å². The quantitative estimate of drug-likeness (QED) is 0.596. The van der Waals surface area contributed by atoms with Gasteiger partial charge in [-0.1, -0.05) is 26.7 Å². The highest BCUT2D eigenvalue weighted by Crippen LogP contribution is 2.12. The van der Waals surface area contributed by atoms with Crippen molar-refractivity contribution in [3.63, 3.8) is 0 Å². The van der Waals surface area contributed by atoms with E-state index >= 15 is 0 Å². The summed E-state index contributed by atoms with van der Waals surface area (Å²) in [5.41, 5.74) is 0. The molecule has 0 radical (unpaired) electrons. The highest BCUT2D eigenvalue weighted by molar-refractivity contribution is 5.82. The van der Waals surface area contributed by atoms with E-state index in [1.807, 2.05) is 6.92 Å². The van der Waals surface area contributed by atoms with Gasteiger partial charge in [-0.2, -0.15) is 0 Å². The number of nitrogens with one attached hydrogen (secondary N) is 2. The van der Waals surface area contributed by atoms with Crippen LogP contribution in [0.25, 0.3) is 0 Å². The maximum Gasteiger partial charge on any atom is 0.326 e. The van der Waals surface area contributed by atoms with Gasteiger partial charge in [0.25, 0.3) is 0 Å².